The van der Waals surface area contributed by atoms with E-state index in [9.17, 15) is 35.9 Å². The molecule has 2 atom stereocenters. The first-order valence-corrected chi connectivity index (χ1v) is 13.2. The third-order valence-corrected chi connectivity index (χ3v) is 7.63. The van der Waals surface area contributed by atoms with Crippen molar-refractivity contribution >= 4 is 63.7 Å². The summed E-state index contributed by atoms with van der Waals surface area (Å²) < 4.78 is 80.3. The van der Waals surface area contributed by atoms with Gasteiger partial charge in [-0.1, -0.05) is 24.6 Å². The summed E-state index contributed by atoms with van der Waals surface area (Å²) in [4.78, 5) is 25.9. The van der Waals surface area contributed by atoms with E-state index in [0.717, 1.165) is 18.2 Å². The Morgan fingerprint density at radius 3 is 2.29 bits per heavy atom. The van der Waals surface area contributed by atoms with Gasteiger partial charge in [0.15, 0.2) is 5.82 Å². The van der Waals surface area contributed by atoms with E-state index in [2.05, 4.69) is 16.0 Å². The van der Waals surface area contributed by atoms with Crippen LogP contribution in [-0.2, 0) is 11.0 Å². The van der Waals surface area contributed by atoms with Gasteiger partial charge in [-0.3, -0.25) is 9.59 Å². The van der Waals surface area contributed by atoms with Crippen molar-refractivity contribution in [3.05, 3.63) is 87.7 Å². The normalized spacial score (nSPS) is 17.6. The Balaban J connectivity index is 1.52. The van der Waals surface area contributed by atoms with Crippen LogP contribution in [0.15, 0.2) is 48.5 Å². The number of anilines is 3. The highest BCUT2D eigenvalue weighted by molar-refractivity contribution is 6.53. The van der Waals surface area contributed by atoms with Crippen LogP contribution >= 0.6 is 34.8 Å². The third-order valence-electron chi connectivity index (χ3n) is 6.36. The van der Waals surface area contributed by atoms with Crippen molar-refractivity contribution in [1.82, 2.24) is 0 Å². The zero-order valence-corrected chi connectivity index (χ0v) is 23.2. The van der Waals surface area contributed by atoms with E-state index in [4.69, 9.17) is 34.8 Å². The highest BCUT2D eigenvalue weighted by Crippen LogP contribution is 2.65. The number of rotatable bonds is 8. The van der Waals surface area contributed by atoms with Crippen LogP contribution in [0.4, 0.5) is 43.4 Å². The summed E-state index contributed by atoms with van der Waals surface area (Å²) in [5.74, 6) is -7.33. The minimum absolute atomic E-state index is 0.0410. The molecule has 0 spiro atoms. The highest BCUT2D eigenvalue weighted by Gasteiger charge is 2.67. The zero-order chi connectivity index (χ0) is 30.3. The van der Waals surface area contributed by atoms with Crippen LogP contribution < -0.4 is 16.0 Å². The molecule has 0 saturated heterocycles. The second-order valence-corrected chi connectivity index (χ2v) is 11.1. The number of hydrogen-bond acceptors (Lipinski definition) is 3. The summed E-state index contributed by atoms with van der Waals surface area (Å²) in [6.07, 6.45) is -4.38. The Labute approximate surface area is 245 Å². The molecular formula is C27H20Cl3F6N3O2. The summed E-state index contributed by atoms with van der Waals surface area (Å²) in [6.45, 7) is 2.09. The summed E-state index contributed by atoms with van der Waals surface area (Å²) >= 11 is 18.6. The summed E-state index contributed by atoms with van der Waals surface area (Å²) in [5.41, 5.74) is -2.49. The summed E-state index contributed by atoms with van der Waals surface area (Å²) in [6, 6.07) is 8.02. The molecule has 3 N–H and O–H groups in total. The predicted molar refractivity (Wildman–Crippen MR) is 145 cm³/mol. The number of halogens is 9. The molecule has 0 aliphatic heterocycles. The minimum atomic E-state index is -4.97. The Morgan fingerprint density at radius 2 is 1.63 bits per heavy atom. The van der Waals surface area contributed by atoms with Gasteiger partial charge in [-0.2, -0.15) is 13.2 Å². The van der Waals surface area contributed by atoms with Crippen molar-refractivity contribution in [3.8, 4) is 0 Å². The van der Waals surface area contributed by atoms with E-state index < -0.39 is 62.9 Å². The third kappa shape index (κ3) is 6.37. The summed E-state index contributed by atoms with van der Waals surface area (Å²) in [5, 5.41) is 7.33. The number of carbonyl (C=O) groups excluding carboxylic acids is 2. The lowest BCUT2D eigenvalue weighted by molar-refractivity contribution is -0.140. The van der Waals surface area contributed by atoms with Crippen molar-refractivity contribution in [2.75, 3.05) is 22.5 Å². The Morgan fingerprint density at radius 1 is 0.951 bits per heavy atom. The van der Waals surface area contributed by atoms with Crippen LogP contribution in [0.5, 0.6) is 0 Å². The average Bonchev–Trinajstić information content (AvgIpc) is 3.48. The molecule has 4 rings (SSSR count). The quantitative estimate of drug-likeness (QED) is 0.172. The molecule has 1 saturated carbocycles. The van der Waals surface area contributed by atoms with Gasteiger partial charge in [-0.25, -0.2) is 13.2 Å². The Bertz CT molecular complexity index is 1520. The SMILES string of the molecule is CCCNc1c(F)ccc(NC(=O)c2cc(NC(=O)[C@H]3[C@H](c4ccc(F)c(C(F)(F)F)c4)C3(Cl)Cl)ccc2Cl)c1F. The molecule has 0 radical (unpaired) electrons. The molecule has 0 unspecified atom stereocenters. The van der Waals surface area contributed by atoms with E-state index in [1.807, 2.05) is 0 Å². The predicted octanol–water partition coefficient (Wildman–Crippen LogP) is 8.38. The van der Waals surface area contributed by atoms with Crippen molar-refractivity contribution in [3.63, 3.8) is 0 Å². The van der Waals surface area contributed by atoms with Gasteiger partial charge >= 0.3 is 6.18 Å². The standard InChI is InChI=1S/C27H20Cl3F6N3O2/c1-2-9-37-23-18(32)7-8-19(22(23)33)39-24(40)14-11-13(4-5-16(14)28)38-25(41)21-20(26(21,29)30)12-3-6-17(31)15(10-12)27(34,35)36/h3-8,10-11,20-21,37H,2,9H2,1H3,(H,38,41)(H,39,40)/t20-,21+/m0/s1. The van der Waals surface area contributed by atoms with Gasteiger partial charge < -0.3 is 16.0 Å². The Kier molecular flexibility index (Phi) is 8.73. The van der Waals surface area contributed by atoms with Gasteiger partial charge in [-0.15, -0.1) is 23.2 Å². The molecule has 3 aromatic rings. The van der Waals surface area contributed by atoms with Gasteiger partial charge in [0.1, 0.15) is 21.7 Å². The molecule has 41 heavy (non-hydrogen) atoms. The fourth-order valence-electron chi connectivity index (χ4n) is 4.27. The van der Waals surface area contributed by atoms with Crippen LogP contribution in [-0.4, -0.2) is 22.7 Å². The van der Waals surface area contributed by atoms with Crippen LogP contribution in [0, 0.1) is 23.4 Å². The maximum absolute atomic E-state index is 14.8. The number of amides is 2. The maximum Gasteiger partial charge on any atom is 0.419 e. The van der Waals surface area contributed by atoms with Crippen LogP contribution in [0.3, 0.4) is 0 Å². The number of nitrogens with one attached hydrogen (secondary N) is 3. The van der Waals surface area contributed by atoms with E-state index in [1.165, 1.54) is 18.2 Å². The van der Waals surface area contributed by atoms with Gasteiger partial charge in [0.25, 0.3) is 5.91 Å². The molecule has 14 heteroatoms. The molecule has 1 fully saturated rings. The van der Waals surface area contributed by atoms with Crippen LogP contribution in [0.25, 0.3) is 0 Å². The minimum Gasteiger partial charge on any atom is -0.380 e. The molecule has 1 aliphatic rings. The largest absolute Gasteiger partial charge is 0.419 e. The van der Waals surface area contributed by atoms with Crippen molar-refractivity contribution in [2.24, 2.45) is 5.92 Å². The van der Waals surface area contributed by atoms with Crippen molar-refractivity contribution in [1.29, 1.82) is 0 Å². The fourth-order valence-corrected chi connectivity index (χ4v) is 5.30. The summed E-state index contributed by atoms with van der Waals surface area (Å²) in [7, 11) is 0. The average molecular weight is 639 g/mol. The second kappa shape index (κ2) is 11.6. The molecule has 3 aromatic carbocycles. The van der Waals surface area contributed by atoms with Crippen molar-refractivity contribution in [2.45, 2.75) is 29.8 Å². The number of hydrogen-bond donors (Lipinski definition) is 3. The highest BCUT2D eigenvalue weighted by atomic mass is 35.5. The smallest absolute Gasteiger partial charge is 0.380 e. The van der Waals surface area contributed by atoms with Gasteiger partial charge in [0.05, 0.1) is 27.8 Å². The lowest BCUT2D eigenvalue weighted by Crippen LogP contribution is -2.19. The first kappa shape index (κ1) is 30.8. The molecular weight excluding hydrogens is 619 g/mol. The molecule has 0 aromatic heterocycles. The van der Waals surface area contributed by atoms with Gasteiger partial charge in [0, 0.05) is 18.2 Å². The van der Waals surface area contributed by atoms with Crippen LogP contribution in [0.1, 0.15) is 40.7 Å². The molecule has 218 valence electrons. The number of carbonyl (C=O) groups is 2. The molecule has 5 nitrogen and oxygen atoms in total. The maximum atomic E-state index is 14.8. The number of alkyl halides is 5. The molecule has 0 heterocycles. The lowest BCUT2D eigenvalue weighted by Gasteiger charge is -2.13. The lowest BCUT2D eigenvalue weighted by atomic mass is 10.0. The van der Waals surface area contributed by atoms with E-state index in [1.54, 1.807) is 6.92 Å². The van der Waals surface area contributed by atoms with Gasteiger partial charge in [0.2, 0.25) is 5.91 Å². The van der Waals surface area contributed by atoms with E-state index in [0.29, 0.717) is 18.6 Å². The van der Waals surface area contributed by atoms with Gasteiger partial charge in [-0.05, 0) is 54.4 Å². The molecule has 2 amide bonds. The van der Waals surface area contributed by atoms with Crippen molar-refractivity contribution < 1.29 is 35.9 Å². The fraction of sp³-hybridized carbons (Fsp3) is 0.259. The van der Waals surface area contributed by atoms with Crippen LogP contribution in [0.2, 0.25) is 5.02 Å². The topological polar surface area (TPSA) is 70.2 Å². The molecule has 0 bridgehead atoms. The first-order valence-electron chi connectivity index (χ1n) is 12.0. The monoisotopic (exact) mass is 637 g/mol. The van der Waals surface area contributed by atoms with E-state index in [-0.39, 0.29) is 34.1 Å². The van der Waals surface area contributed by atoms with E-state index >= 15 is 0 Å². The Hall–Kier alpha value is -3.15. The second-order valence-electron chi connectivity index (χ2n) is 9.22. The number of benzene rings is 3. The first-order chi connectivity index (χ1) is 19.2. The molecule has 1 aliphatic carbocycles. The zero-order valence-electron chi connectivity index (χ0n) is 20.9.